The summed E-state index contributed by atoms with van der Waals surface area (Å²) in [6, 6.07) is 20.9. The minimum Gasteiger partial charge on any atom is -0.360 e. The van der Waals surface area contributed by atoms with E-state index in [-0.39, 0.29) is 22.2 Å². The van der Waals surface area contributed by atoms with Gasteiger partial charge in [-0.2, -0.15) is 0 Å². The molecule has 4 aromatic rings. The van der Waals surface area contributed by atoms with Crippen LogP contribution in [0.1, 0.15) is 28.6 Å². The first-order valence-corrected chi connectivity index (χ1v) is 13.3. The molecule has 0 radical (unpaired) electrons. The number of rotatable bonds is 9. The summed E-state index contributed by atoms with van der Waals surface area (Å²) in [7, 11) is 0. The standard InChI is InChI=1S/C29H24ClFN4O4S/c1-17-14-26(35-39-17)34-27(36)18(2)40-21-11-6-10-20(15-21)32-29(38)25(16-22-23(30)12-7-13-24(22)31)33-28(37)19-8-4-3-5-9-19/h3-16,18H,1-2H3,(H,32,38)(H,33,37)(H,34,35,36)/b25-16+. The van der Waals surface area contributed by atoms with E-state index in [0.29, 0.717) is 27.7 Å². The lowest BCUT2D eigenvalue weighted by Gasteiger charge is -2.14. The number of aryl methyl sites for hydroxylation is 1. The molecule has 0 saturated heterocycles. The number of hydrogen-bond donors (Lipinski definition) is 3. The predicted octanol–water partition coefficient (Wildman–Crippen LogP) is 6.30. The highest BCUT2D eigenvalue weighted by Gasteiger charge is 2.19. The van der Waals surface area contributed by atoms with Gasteiger partial charge >= 0.3 is 0 Å². The van der Waals surface area contributed by atoms with Crippen LogP contribution in [-0.2, 0) is 9.59 Å². The first-order valence-electron chi connectivity index (χ1n) is 12.0. The molecule has 0 spiro atoms. The highest BCUT2D eigenvalue weighted by Crippen LogP contribution is 2.27. The number of nitrogens with zero attached hydrogens (tertiary/aromatic N) is 1. The van der Waals surface area contributed by atoms with Gasteiger partial charge in [-0.1, -0.05) is 47.1 Å². The number of nitrogens with one attached hydrogen (secondary N) is 3. The quantitative estimate of drug-likeness (QED) is 0.159. The van der Waals surface area contributed by atoms with Crippen molar-refractivity contribution < 1.29 is 23.3 Å². The highest BCUT2D eigenvalue weighted by molar-refractivity contribution is 8.00. The monoisotopic (exact) mass is 578 g/mol. The van der Waals surface area contributed by atoms with E-state index in [1.54, 1.807) is 74.5 Å². The zero-order valence-electron chi connectivity index (χ0n) is 21.4. The van der Waals surface area contributed by atoms with Gasteiger partial charge in [-0.15, -0.1) is 11.8 Å². The van der Waals surface area contributed by atoms with E-state index >= 15 is 0 Å². The molecule has 1 unspecified atom stereocenters. The molecule has 204 valence electrons. The zero-order valence-corrected chi connectivity index (χ0v) is 23.0. The third-order valence-electron chi connectivity index (χ3n) is 5.47. The maximum Gasteiger partial charge on any atom is 0.272 e. The molecule has 4 rings (SSSR count). The first kappa shape index (κ1) is 28.6. The summed E-state index contributed by atoms with van der Waals surface area (Å²) >= 11 is 7.43. The van der Waals surface area contributed by atoms with Gasteiger partial charge < -0.3 is 20.5 Å². The molecule has 0 bridgehead atoms. The summed E-state index contributed by atoms with van der Waals surface area (Å²) in [6.45, 7) is 3.45. The van der Waals surface area contributed by atoms with Crippen LogP contribution in [-0.4, -0.2) is 28.1 Å². The van der Waals surface area contributed by atoms with Gasteiger partial charge in [0.05, 0.1) is 10.3 Å². The Labute approximate surface area is 239 Å². The SMILES string of the molecule is Cc1cc(NC(=O)C(C)Sc2cccc(NC(=O)/C(=C\c3c(F)cccc3Cl)NC(=O)c3ccccc3)c2)no1. The summed E-state index contributed by atoms with van der Waals surface area (Å²) in [4.78, 5) is 39.4. The summed E-state index contributed by atoms with van der Waals surface area (Å²) in [6.07, 6.45) is 1.18. The van der Waals surface area contributed by atoms with Crippen molar-refractivity contribution in [2.45, 2.75) is 24.0 Å². The van der Waals surface area contributed by atoms with Gasteiger partial charge in [-0.3, -0.25) is 14.4 Å². The van der Waals surface area contributed by atoms with Crippen LogP contribution in [0.3, 0.4) is 0 Å². The topological polar surface area (TPSA) is 113 Å². The van der Waals surface area contributed by atoms with E-state index < -0.39 is 22.9 Å². The Morgan fingerprint density at radius 2 is 1.75 bits per heavy atom. The van der Waals surface area contributed by atoms with Crippen LogP contribution in [0, 0.1) is 12.7 Å². The van der Waals surface area contributed by atoms with E-state index in [1.807, 2.05) is 0 Å². The van der Waals surface area contributed by atoms with Gasteiger partial charge in [0, 0.05) is 27.8 Å². The number of carbonyl (C=O) groups is 3. The summed E-state index contributed by atoms with van der Waals surface area (Å²) in [5, 5.41) is 11.3. The second-order valence-electron chi connectivity index (χ2n) is 8.57. The van der Waals surface area contributed by atoms with Crippen LogP contribution >= 0.6 is 23.4 Å². The lowest BCUT2D eigenvalue weighted by Crippen LogP contribution is -2.30. The van der Waals surface area contributed by atoms with E-state index in [9.17, 15) is 18.8 Å². The molecular formula is C29H24ClFN4O4S. The normalized spacial score (nSPS) is 11.9. The van der Waals surface area contributed by atoms with Crippen molar-refractivity contribution in [3.8, 4) is 0 Å². The average molecular weight is 579 g/mol. The fourth-order valence-corrected chi connectivity index (χ4v) is 4.64. The fraction of sp³-hybridized carbons (Fsp3) is 0.103. The van der Waals surface area contributed by atoms with Crippen LogP contribution in [0.2, 0.25) is 5.02 Å². The summed E-state index contributed by atoms with van der Waals surface area (Å²) < 4.78 is 19.5. The third-order valence-corrected chi connectivity index (χ3v) is 6.89. The lowest BCUT2D eigenvalue weighted by atomic mass is 10.1. The highest BCUT2D eigenvalue weighted by atomic mass is 35.5. The second kappa shape index (κ2) is 13.1. The molecule has 3 amide bonds. The maximum atomic E-state index is 14.5. The molecule has 0 aliphatic heterocycles. The summed E-state index contributed by atoms with van der Waals surface area (Å²) in [5.74, 6) is -1.28. The Morgan fingerprint density at radius 3 is 2.45 bits per heavy atom. The first-order chi connectivity index (χ1) is 19.2. The maximum absolute atomic E-state index is 14.5. The van der Waals surface area contributed by atoms with Crippen LogP contribution < -0.4 is 16.0 Å². The number of carbonyl (C=O) groups excluding carboxylic acids is 3. The van der Waals surface area contributed by atoms with Crippen molar-refractivity contribution >= 4 is 58.7 Å². The van der Waals surface area contributed by atoms with Gasteiger partial charge in [0.25, 0.3) is 11.8 Å². The molecule has 1 heterocycles. The number of thioether (sulfide) groups is 1. The van der Waals surface area contributed by atoms with Crippen molar-refractivity contribution in [1.82, 2.24) is 10.5 Å². The van der Waals surface area contributed by atoms with E-state index in [2.05, 4.69) is 21.1 Å². The molecule has 0 fully saturated rings. The molecule has 40 heavy (non-hydrogen) atoms. The molecule has 8 nitrogen and oxygen atoms in total. The molecule has 0 aliphatic rings. The van der Waals surface area contributed by atoms with Crippen molar-refractivity contribution in [1.29, 1.82) is 0 Å². The molecular weight excluding hydrogens is 555 g/mol. The number of benzene rings is 3. The number of hydrogen-bond acceptors (Lipinski definition) is 6. The molecule has 1 aromatic heterocycles. The predicted molar refractivity (Wildman–Crippen MR) is 154 cm³/mol. The number of anilines is 2. The van der Waals surface area contributed by atoms with E-state index in [4.69, 9.17) is 16.1 Å². The molecule has 0 saturated carbocycles. The Kier molecular flexibility index (Phi) is 9.36. The van der Waals surface area contributed by atoms with Gasteiger partial charge in [0.1, 0.15) is 17.3 Å². The van der Waals surface area contributed by atoms with Crippen molar-refractivity contribution in [2.24, 2.45) is 0 Å². The van der Waals surface area contributed by atoms with Crippen LogP contribution in [0.25, 0.3) is 6.08 Å². The van der Waals surface area contributed by atoms with Gasteiger partial charge in [0.2, 0.25) is 5.91 Å². The Bertz CT molecular complexity index is 1560. The van der Waals surface area contributed by atoms with Crippen molar-refractivity contribution in [3.05, 3.63) is 112 Å². The van der Waals surface area contributed by atoms with Gasteiger partial charge in [-0.25, -0.2) is 4.39 Å². The number of aromatic nitrogens is 1. The van der Waals surface area contributed by atoms with E-state index in [1.165, 1.54) is 36.0 Å². The molecule has 11 heteroatoms. The second-order valence-corrected chi connectivity index (χ2v) is 10.4. The minimum atomic E-state index is -0.696. The molecule has 3 N–H and O–H groups in total. The Morgan fingerprint density at radius 1 is 1.00 bits per heavy atom. The van der Waals surface area contributed by atoms with Crippen molar-refractivity contribution in [3.63, 3.8) is 0 Å². The molecule has 0 aliphatic carbocycles. The van der Waals surface area contributed by atoms with Gasteiger partial charge in [0.15, 0.2) is 5.82 Å². The lowest BCUT2D eigenvalue weighted by molar-refractivity contribution is -0.115. The summed E-state index contributed by atoms with van der Waals surface area (Å²) in [5.41, 5.74) is 0.449. The average Bonchev–Trinajstić information content (AvgIpc) is 3.34. The van der Waals surface area contributed by atoms with Crippen molar-refractivity contribution in [2.75, 3.05) is 10.6 Å². The number of amides is 3. The number of halogens is 2. The zero-order chi connectivity index (χ0) is 28.6. The third kappa shape index (κ3) is 7.58. The smallest absolute Gasteiger partial charge is 0.272 e. The van der Waals surface area contributed by atoms with Crippen LogP contribution in [0.5, 0.6) is 0 Å². The fourth-order valence-electron chi connectivity index (χ4n) is 3.49. The van der Waals surface area contributed by atoms with Crippen LogP contribution in [0.4, 0.5) is 15.9 Å². The van der Waals surface area contributed by atoms with Gasteiger partial charge in [-0.05, 0) is 62.4 Å². The molecule has 1 atom stereocenters. The van der Waals surface area contributed by atoms with E-state index in [0.717, 1.165) is 0 Å². The minimum absolute atomic E-state index is 0.0471. The largest absolute Gasteiger partial charge is 0.360 e. The van der Waals surface area contributed by atoms with Crippen LogP contribution in [0.15, 0.2) is 94.0 Å². The Balaban J connectivity index is 1.52. The Hall–Kier alpha value is -4.41. The molecule has 3 aromatic carbocycles.